The third-order valence-electron chi connectivity index (χ3n) is 4.43. The smallest absolute Gasteiger partial charge is 0.341 e. The predicted molar refractivity (Wildman–Crippen MR) is 90.6 cm³/mol. The number of amides is 1. The Bertz CT molecular complexity index is 586. The Morgan fingerprint density at radius 3 is 2.54 bits per heavy atom. The summed E-state index contributed by atoms with van der Waals surface area (Å²) >= 11 is 0. The summed E-state index contributed by atoms with van der Waals surface area (Å²) < 4.78 is 10.3. The van der Waals surface area contributed by atoms with Crippen LogP contribution in [0.5, 0.6) is 0 Å². The molecule has 0 saturated carbocycles. The zero-order chi connectivity index (χ0) is 17.9. The Kier molecular flexibility index (Phi) is 6.04. The number of rotatable bonds is 5. The molecule has 0 aromatic carbocycles. The highest BCUT2D eigenvalue weighted by molar-refractivity contribution is 5.90. The minimum absolute atomic E-state index is 0.146. The number of carbonyl (C=O) groups excluding carboxylic acids is 2. The highest BCUT2D eigenvalue weighted by atomic mass is 16.5. The van der Waals surface area contributed by atoms with E-state index in [2.05, 4.69) is 13.8 Å². The summed E-state index contributed by atoms with van der Waals surface area (Å²) in [6, 6.07) is 1.69. The Morgan fingerprint density at radius 1 is 1.33 bits per heavy atom. The first kappa shape index (κ1) is 18.5. The standard InChI is InChI=1S/C18H28N2O4/c1-12-6-13(2)9-20(8-12)17(21)11-19(4)10-15-7-16(14(3)24-15)18(22)23-5/h7,12-13H,6,8-11H2,1-5H3. The molecule has 6 nitrogen and oxygen atoms in total. The van der Waals surface area contributed by atoms with E-state index in [0.717, 1.165) is 13.1 Å². The van der Waals surface area contributed by atoms with Crippen LogP contribution in [0.25, 0.3) is 0 Å². The van der Waals surface area contributed by atoms with Crippen molar-refractivity contribution in [3.8, 4) is 0 Å². The van der Waals surface area contributed by atoms with Crippen molar-refractivity contribution in [2.24, 2.45) is 11.8 Å². The van der Waals surface area contributed by atoms with Gasteiger partial charge in [0.1, 0.15) is 17.1 Å². The fourth-order valence-electron chi connectivity index (χ4n) is 3.45. The van der Waals surface area contributed by atoms with E-state index in [4.69, 9.17) is 9.15 Å². The minimum Gasteiger partial charge on any atom is -0.465 e. The van der Waals surface area contributed by atoms with Gasteiger partial charge in [0.05, 0.1) is 20.2 Å². The van der Waals surface area contributed by atoms with Crippen LogP contribution in [0.15, 0.2) is 10.5 Å². The SMILES string of the molecule is COC(=O)c1cc(CN(C)CC(=O)N2CC(C)CC(C)C2)oc1C. The van der Waals surface area contributed by atoms with E-state index in [0.29, 0.717) is 42.0 Å². The van der Waals surface area contributed by atoms with Crippen LogP contribution >= 0.6 is 0 Å². The van der Waals surface area contributed by atoms with Gasteiger partial charge in [-0.1, -0.05) is 13.8 Å². The first-order chi connectivity index (χ1) is 11.3. The average molecular weight is 336 g/mol. The summed E-state index contributed by atoms with van der Waals surface area (Å²) in [6.45, 7) is 8.61. The first-order valence-corrected chi connectivity index (χ1v) is 8.44. The second kappa shape index (κ2) is 7.83. The summed E-state index contributed by atoms with van der Waals surface area (Å²) in [4.78, 5) is 28.0. The molecule has 24 heavy (non-hydrogen) atoms. The van der Waals surface area contributed by atoms with E-state index in [1.54, 1.807) is 13.0 Å². The Morgan fingerprint density at radius 2 is 1.96 bits per heavy atom. The molecule has 0 N–H and O–H groups in total. The van der Waals surface area contributed by atoms with Gasteiger partial charge >= 0.3 is 5.97 Å². The van der Waals surface area contributed by atoms with E-state index < -0.39 is 5.97 Å². The lowest BCUT2D eigenvalue weighted by Gasteiger charge is -2.35. The number of nitrogens with zero attached hydrogens (tertiary/aromatic N) is 2. The maximum Gasteiger partial charge on any atom is 0.341 e. The Balaban J connectivity index is 1.92. The van der Waals surface area contributed by atoms with Crippen LogP contribution in [0.3, 0.4) is 0 Å². The van der Waals surface area contributed by atoms with E-state index in [9.17, 15) is 9.59 Å². The fraction of sp³-hybridized carbons (Fsp3) is 0.667. The van der Waals surface area contributed by atoms with Crippen molar-refractivity contribution < 1.29 is 18.7 Å². The molecular formula is C18H28N2O4. The molecule has 1 aliphatic rings. The molecule has 1 aliphatic heterocycles. The van der Waals surface area contributed by atoms with Crippen molar-refractivity contribution in [3.63, 3.8) is 0 Å². The number of methoxy groups -OCH3 is 1. The molecule has 2 unspecified atom stereocenters. The molecule has 2 atom stereocenters. The topological polar surface area (TPSA) is 63.0 Å². The second-order valence-corrected chi connectivity index (χ2v) is 7.09. The number of likely N-dealkylation sites (tertiary alicyclic amines) is 1. The lowest BCUT2D eigenvalue weighted by atomic mass is 9.92. The molecule has 0 radical (unpaired) electrons. The molecule has 0 aliphatic carbocycles. The minimum atomic E-state index is -0.405. The molecule has 6 heteroatoms. The highest BCUT2D eigenvalue weighted by Gasteiger charge is 2.26. The van der Waals surface area contributed by atoms with Gasteiger partial charge in [-0.05, 0) is 38.3 Å². The number of esters is 1. The molecule has 0 bridgehead atoms. The summed E-state index contributed by atoms with van der Waals surface area (Å²) in [5, 5.41) is 0. The normalized spacial score (nSPS) is 21.2. The second-order valence-electron chi connectivity index (χ2n) is 7.09. The van der Waals surface area contributed by atoms with E-state index in [1.807, 2.05) is 16.8 Å². The molecule has 134 valence electrons. The molecule has 1 amide bonds. The van der Waals surface area contributed by atoms with E-state index in [1.165, 1.54) is 13.5 Å². The van der Waals surface area contributed by atoms with Crippen LogP contribution in [-0.2, 0) is 16.1 Å². The van der Waals surface area contributed by atoms with Crippen molar-refractivity contribution in [3.05, 3.63) is 23.2 Å². The number of piperidine rings is 1. The first-order valence-electron chi connectivity index (χ1n) is 8.44. The number of carbonyl (C=O) groups is 2. The van der Waals surface area contributed by atoms with Crippen LogP contribution in [-0.4, -0.2) is 55.5 Å². The number of aryl methyl sites for hydroxylation is 1. The van der Waals surface area contributed by atoms with Crippen LogP contribution in [0.2, 0.25) is 0 Å². The summed E-state index contributed by atoms with van der Waals surface area (Å²) in [7, 11) is 3.23. The lowest BCUT2D eigenvalue weighted by Crippen LogP contribution is -2.46. The van der Waals surface area contributed by atoms with Crippen molar-refractivity contribution in [2.75, 3.05) is 33.8 Å². The third-order valence-corrected chi connectivity index (χ3v) is 4.43. The molecule has 2 heterocycles. The van der Waals surface area contributed by atoms with Gasteiger partial charge in [0.15, 0.2) is 0 Å². The van der Waals surface area contributed by atoms with Crippen LogP contribution < -0.4 is 0 Å². The van der Waals surface area contributed by atoms with Gasteiger partial charge in [0.25, 0.3) is 0 Å². The number of furan rings is 1. The van der Waals surface area contributed by atoms with Gasteiger partial charge in [-0.2, -0.15) is 0 Å². The lowest BCUT2D eigenvalue weighted by molar-refractivity contribution is -0.134. The average Bonchev–Trinajstić information content (AvgIpc) is 2.85. The largest absolute Gasteiger partial charge is 0.465 e. The van der Waals surface area contributed by atoms with Gasteiger partial charge < -0.3 is 14.1 Å². The monoisotopic (exact) mass is 336 g/mol. The predicted octanol–water partition coefficient (Wildman–Crippen LogP) is 2.31. The highest BCUT2D eigenvalue weighted by Crippen LogP contribution is 2.21. The number of ether oxygens (including phenoxy) is 1. The van der Waals surface area contributed by atoms with Gasteiger partial charge in [-0.15, -0.1) is 0 Å². The molecule has 1 fully saturated rings. The van der Waals surface area contributed by atoms with Crippen molar-refractivity contribution in [2.45, 2.75) is 33.7 Å². The Labute approximate surface area is 143 Å². The van der Waals surface area contributed by atoms with Crippen molar-refractivity contribution >= 4 is 11.9 Å². The number of likely N-dealkylation sites (N-methyl/N-ethyl adjacent to an activating group) is 1. The summed E-state index contributed by atoms with van der Waals surface area (Å²) in [5.74, 6) is 2.04. The van der Waals surface area contributed by atoms with Crippen LogP contribution in [0, 0.1) is 18.8 Å². The quantitative estimate of drug-likeness (QED) is 0.772. The van der Waals surface area contributed by atoms with Gasteiger partial charge in [-0.3, -0.25) is 9.69 Å². The van der Waals surface area contributed by atoms with Crippen molar-refractivity contribution in [1.82, 2.24) is 9.80 Å². The molecule has 2 rings (SSSR count). The number of hydrogen-bond donors (Lipinski definition) is 0. The number of hydrogen-bond acceptors (Lipinski definition) is 5. The molecule has 1 aromatic heterocycles. The van der Waals surface area contributed by atoms with Gasteiger partial charge in [0.2, 0.25) is 5.91 Å². The zero-order valence-corrected chi connectivity index (χ0v) is 15.3. The zero-order valence-electron chi connectivity index (χ0n) is 15.3. The summed E-state index contributed by atoms with van der Waals surface area (Å²) in [6.07, 6.45) is 1.18. The fourth-order valence-corrected chi connectivity index (χ4v) is 3.45. The van der Waals surface area contributed by atoms with Gasteiger partial charge in [-0.25, -0.2) is 4.79 Å². The van der Waals surface area contributed by atoms with Crippen LogP contribution in [0.1, 0.15) is 42.1 Å². The Hall–Kier alpha value is -1.82. The molecule has 1 saturated heterocycles. The van der Waals surface area contributed by atoms with E-state index >= 15 is 0 Å². The summed E-state index contributed by atoms with van der Waals surface area (Å²) in [5.41, 5.74) is 0.436. The van der Waals surface area contributed by atoms with E-state index in [-0.39, 0.29) is 5.91 Å². The maximum atomic E-state index is 12.5. The molecule has 0 spiro atoms. The van der Waals surface area contributed by atoms with Gasteiger partial charge in [0, 0.05) is 13.1 Å². The third kappa shape index (κ3) is 4.60. The molecule has 1 aromatic rings. The van der Waals surface area contributed by atoms with Crippen molar-refractivity contribution in [1.29, 1.82) is 0 Å². The van der Waals surface area contributed by atoms with Crippen LogP contribution in [0.4, 0.5) is 0 Å². The maximum absolute atomic E-state index is 12.5. The molecular weight excluding hydrogens is 308 g/mol.